The van der Waals surface area contributed by atoms with Gasteiger partial charge in [0.1, 0.15) is 5.56 Å². The minimum absolute atomic E-state index is 0.172. The molecular weight excluding hydrogens is 262 g/mol. The van der Waals surface area contributed by atoms with Crippen molar-refractivity contribution in [1.82, 2.24) is 4.57 Å². The molecule has 0 spiro atoms. The molecule has 1 heterocycles. The van der Waals surface area contributed by atoms with Gasteiger partial charge in [0.15, 0.2) is 5.96 Å². The minimum Gasteiger partial charge on any atom is -0.370 e. The van der Waals surface area contributed by atoms with Crippen molar-refractivity contribution in [3.05, 3.63) is 58.4 Å². The van der Waals surface area contributed by atoms with E-state index < -0.39 is 16.8 Å². The molecule has 8 heteroatoms. The van der Waals surface area contributed by atoms with Gasteiger partial charge in [0.2, 0.25) is 0 Å². The van der Waals surface area contributed by atoms with Crippen LogP contribution in [0.25, 0.3) is 5.69 Å². The molecule has 0 aliphatic heterocycles. The molecule has 1 aromatic heterocycles. The molecule has 0 aliphatic rings. The third kappa shape index (κ3) is 2.64. The zero-order valence-electron chi connectivity index (χ0n) is 10.3. The molecule has 0 bridgehead atoms. The second-order valence-electron chi connectivity index (χ2n) is 3.89. The van der Waals surface area contributed by atoms with E-state index in [1.54, 1.807) is 29.1 Å². The Morgan fingerprint density at radius 3 is 2.45 bits per heavy atom. The lowest BCUT2D eigenvalue weighted by atomic mass is 10.1. The largest absolute Gasteiger partial charge is 0.370 e. The van der Waals surface area contributed by atoms with Crippen LogP contribution in [-0.4, -0.2) is 21.4 Å². The number of carbonyl (C=O) groups excluding carboxylic acids is 1. The zero-order valence-corrected chi connectivity index (χ0v) is 10.3. The maximum absolute atomic E-state index is 11.8. The molecule has 20 heavy (non-hydrogen) atoms. The number of rotatable bonds is 3. The Bertz CT molecular complexity index is 687. The Morgan fingerprint density at radius 1 is 1.25 bits per heavy atom. The van der Waals surface area contributed by atoms with Crippen LogP contribution >= 0.6 is 0 Å². The molecule has 0 aliphatic carbocycles. The number of nitro groups is 1. The number of nitrogens with two attached hydrogens (primary N) is 2. The van der Waals surface area contributed by atoms with E-state index in [1.165, 1.54) is 18.2 Å². The van der Waals surface area contributed by atoms with E-state index in [4.69, 9.17) is 11.5 Å². The highest BCUT2D eigenvalue weighted by atomic mass is 16.6. The topological polar surface area (TPSA) is 130 Å². The van der Waals surface area contributed by atoms with Crippen molar-refractivity contribution in [2.24, 2.45) is 16.5 Å². The standard InChI is InChI=1S/C12H11N5O3/c13-12(14)15-11(18)9-7-8(16-5-1-2-6-16)3-4-10(9)17(19)20/h1-7H,(H4,13,14,15,18). The van der Waals surface area contributed by atoms with E-state index in [1.807, 2.05) is 0 Å². The van der Waals surface area contributed by atoms with Crippen LogP contribution in [0.4, 0.5) is 5.69 Å². The Morgan fingerprint density at radius 2 is 1.90 bits per heavy atom. The second-order valence-corrected chi connectivity index (χ2v) is 3.89. The van der Waals surface area contributed by atoms with E-state index in [9.17, 15) is 14.9 Å². The predicted molar refractivity (Wildman–Crippen MR) is 72.6 cm³/mol. The quantitative estimate of drug-likeness (QED) is 0.369. The van der Waals surface area contributed by atoms with Crippen LogP contribution in [0.5, 0.6) is 0 Å². The summed E-state index contributed by atoms with van der Waals surface area (Å²) in [4.78, 5) is 25.5. The molecule has 2 rings (SSSR count). The average Bonchev–Trinajstić information content (AvgIpc) is 2.90. The van der Waals surface area contributed by atoms with Gasteiger partial charge >= 0.3 is 0 Å². The van der Waals surface area contributed by atoms with Crippen molar-refractivity contribution < 1.29 is 9.72 Å². The van der Waals surface area contributed by atoms with Gasteiger partial charge in [0.05, 0.1) is 4.92 Å². The van der Waals surface area contributed by atoms with Crippen LogP contribution in [0.2, 0.25) is 0 Å². The number of benzene rings is 1. The highest BCUT2D eigenvalue weighted by Gasteiger charge is 2.20. The molecule has 0 saturated carbocycles. The predicted octanol–water partition coefficient (Wildman–Crippen LogP) is 0.799. The fourth-order valence-electron chi connectivity index (χ4n) is 1.70. The Kier molecular flexibility index (Phi) is 3.47. The molecule has 0 radical (unpaired) electrons. The number of aromatic nitrogens is 1. The van der Waals surface area contributed by atoms with Gasteiger partial charge in [-0.1, -0.05) is 0 Å². The first-order valence-electron chi connectivity index (χ1n) is 5.55. The second kappa shape index (κ2) is 5.22. The van der Waals surface area contributed by atoms with Crippen LogP contribution in [0.1, 0.15) is 10.4 Å². The van der Waals surface area contributed by atoms with Gasteiger partial charge in [-0.25, -0.2) is 0 Å². The number of hydrogen-bond acceptors (Lipinski definition) is 3. The highest BCUT2D eigenvalue weighted by molar-refractivity contribution is 6.04. The van der Waals surface area contributed by atoms with Gasteiger partial charge in [0, 0.05) is 24.1 Å². The van der Waals surface area contributed by atoms with Crippen molar-refractivity contribution in [3.8, 4) is 5.69 Å². The van der Waals surface area contributed by atoms with Gasteiger partial charge in [-0.3, -0.25) is 14.9 Å². The van der Waals surface area contributed by atoms with Gasteiger partial charge < -0.3 is 16.0 Å². The van der Waals surface area contributed by atoms with E-state index in [0.717, 1.165) is 0 Å². The molecule has 8 nitrogen and oxygen atoms in total. The Labute approximate surface area is 113 Å². The first-order valence-corrected chi connectivity index (χ1v) is 5.55. The monoisotopic (exact) mass is 273 g/mol. The smallest absolute Gasteiger partial charge is 0.287 e. The van der Waals surface area contributed by atoms with Crippen molar-refractivity contribution in [2.45, 2.75) is 0 Å². The van der Waals surface area contributed by atoms with Gasteiger partial charge in [-0.15, -0.1) is 0 Å². The van der Waals surface area contributed by atoms with Crippen LogP contribution in [0.15, 0.2) is 47.7 Å². The minimum atomic E-state index is -0.856. The van der Waals surface area contributed by atoms with Crippen molar-refractivity contribution in [2.75, 3.05) is 0 Å². The molecule has 2 aromatic rings. The summed E-state index contributed by atoms with van der Waals surface area (Å²) in [5.74, 6) is -1.30. The number of amides is 1. The number of carbonyl (C=O) groups is 1. The summed E-state index contributed by atoms with van der Waals surface area (Å²) < 4.78 is 1.70. The summed E-state index contributed by atoms with van der Waals surface area (Å²) in [6.45, 7) is 0. The SMILES string of the molecule is NC(N)=NC(=O)c1cc(-n2cccc2)ccc1[N+](=O)[O-]. The maximum atomic E-state index is 11.8. The number of nitrogens with zero attached hydrogens (tertiary/aromatic N) is 3. The Balaban J connectivity index is 2.56. The van der Waals surface area contributed by atoms with Crippen molar-refractivity contribution in [1.29, 1.82) is 0 Å². The fourth-order valence-corrected chi connectivity index (χ4v) is 1.70. The Hall–Kier alpha value is -3.16. The third-order valence-corrected chi connectivity index (χ3v) is 2.54. The van der Waals surface area contributed by atoms with Crippen LogP contribution in [0.3, 0.4) is 0 Å². The molecule has 0 fully saturated rings. The molecule has 4 N–H and O–H groups in total. The summed E-state index contributed by atoms with van der Waals surface area (Å²) in [5.41, 5.74) is 10.3. The van der Waals surface area contributed by atoms with Gasteiger partial charge in [-0.05, 0) is 24.3 Å². The molecule has 102 valence electrons. The van der Waals surface area contributed by atoms with Crippen LogP contribution in [-0.2, 0) is 0 Å². The van der Waals surface area contributed by atoms with Crippen molar-refractivity contribution in [3.63, 3.8) is 0 Å². The van der Waals surface area contributed by atoms with Gasteiger partial charge in [-0.2, -0.15) is 4.99 Å². The lowest BCUT2D eigenvalue weighted by Crippen LogP contribution is -2.24. The summed E-state index contributed by atoms with van der Waals surface area (Å²) >= 11 is 0. The van der Waals surface area contributed by atoms with Gasteiger partial charge in [0.25, 0.3) is 11.6 Å². The zero-order chi connectivity index (χ0) is 14.7. The summed E-state index contributed by atoms with van der Waals surface area (Å²) in [6.07, 6.45) is 3.49. The first-order chi connectivity index (χ1) is 9.49. The van der Waals surface area contributed by atoms with E-state index in [0.29, 0.717) is 5.69 Å². The first kappa shape index (κ1) is 13.3. The molecular formula is C12H11N5O3. The number of aliphatic imine (C=N–C) groups is 1. The number of guanidine groups is 1. The maximum Gasteiger partial charge on any atom is 0.287 e. The highest BCUT2D eigenvalue weighted by Crippen LogP contribution is 2.23. The van der Waals surface area contributed by atoms with Crippen LogP contribution < -0.4 is 11.5 Å². The third-order valence-electron chi connectivity index (χ3n) is 2.54. The molecule has 0 unspecified atom stereocenters. The lowest BCUT2D eigenvalue weighted by Gasteiger charge is -2.05. The molecule has 1 aromatic carbocycles. The lowest BCUT2D eigenvalue weighted by molar-refractivity contribution is -0.385. The molecule has 0 atom stereocenters. The fraction of sp³-hybridized carbons (Fsp3) is 0. The normalized spacial score (nSPS) is 10.0. The average molecular weight is 273 g/mol. The summed E-state index contributed by atoms with van der Waals surface area (Å²) in [7, 11) is 0. The summed E-state index contributed by atoms with van der Waals surface area (Å²) in [5, 5.41) is 10.9. The van der Waals surface area contributed by atoms with Crippen LogP contribution in [0, 0.1) is 10.1 Å². The van der Waals surface area contributed by atoms with Crippen molar-refractivity contribution >= 4 is 17.6 Å². The van der Waals surface area contributed by atoms with E-state index in [2.05, 4.69) is 4.99 Å². The summed E-state index contributed by atoms with van der Waals surface area (Å²) in [6, 6.07) is 7.72. The molecule has 1 amide bonds. The molecule has 0 saturated heterocycles. The number of nitro benzene ring substituents is 1. The van der Waals surface area contributed by atoms with E-state index in [-0.39, 0.29) is 11.3 Å². The number of hydrogen-bond donors (Lipinski definition) is 2. The van der Waals surface area contributed by atoms with E-state index >= 15 is 0 Å².